The number of fused-ring (bicyclic) bond motifs is 2. The lowest BCUT2D eigenvalue weighted by Gasteiger charge is -2.40. The first-order valence-corrected chi connectivity index (χ1v) is 10.6. The fourth-order valence-corrected chi connectivity index (χ4v) is 5.27. The Balaban J connectivity index is 1.53. The SMILES string of the molecule is Cc1nc(N[C@@H]2CN3CCCC[C@@]3(C(=O)NCCCO)C2)c2sccc2n1. The molecule has 2 fully saturated rings. The minimum Gasteiger partial charge on any atom is -0.396 e. The van der Waals surface area contributed by atoms with Gasteiger partial charge in [-0.25, -0.2) is 9.97 Å². The van der Waals surface area contributed by atoms with Crippen molar-refractivity contribution in [2.45, 2.75) is 50.6 Å². The summed E-state index contributed by atoms with van der Waals surface area (Å²) in [4.78, 5) is 24.5. The van der Waals surface area contributed by atoms with Crippen molar-refractivity contribution in [1.29, 1.82) is 0 Å². The average Bonchev–Trinajstić information content (AvgIpc) is 3.26. The van der Waals surface area contributed by atoms with Gasteiger partial charge in [0.15, 0.2) is 0 Å². The molecule has 27 heavy (non-hydrogen) atoms. The smallest absolute Gasteiger partial charge is 0.240 e. The molecule has 2 aromatic heterocycles. The third-order valence-electron chi connectivity index (χ3n) is 5.70. The molecule has 0 bridgehead atoms. The molecule has 0 radical (unpaired) electrons. The second-order valence-electron chi connectivity index (χ2n) is 7.57. The number of aromatic nitrogens is 2. The Morgan fingerprint density at radius 2 is 2.33 bits per heavy atom. The fourth-order valence-electron chi connectivity index (χ4n) is 4.49. The Hall–Kier alpha value is -1.77. The Morgan fingerprint density at radius 3 is 3.19 bits per heavy atom. The predicted molar refractivity (Wildman–Crippen MR) is 107 cm³/mol. The Labute approximate surface area is 163 Å². The molecule has 0 unspecified atom stereocenters. The van der Waals surface area contributed by atoms with Gasteiger partial charge in [0, 0.05) is 25.7 Å². The van der Waals surface area contributed by atoms with Crippen LogP contribution in [0.25, 0.3) is 10.2 Å². The van der Waals surface area contributed by atoms with Gasteiger partial charge >= 0.3 is 0 Å². The van der Waals surface area contributed by atoms with Gasteiger partial charge in [0.2, 0.25) is 5.91 Å². The first-order valence-electron chi connectivity index (χ1n) is 9.75. The minimum absolute atomic E-state index is 0.102. The lowest BCUT2D eigenvalue weighted by atomic mass is 9.84. The first-order chi connectivity index (χ1) is 13.1. The molecule has 2 aliphatic heterocycles. The highest BCUT2D eigenvalue weighted by Crippen LogP contribution is 2.39. The number of aryl methyl sites for hydroxylation is 1. The zero-order valence-corrected chi connectivity index (χ0v) is 16.5. The van der Waals surface area contributed by atoms with Crippen LogP contribution in [-0.4, -0.2) is 63.7 Å². The number of aliphatic hydroxyl groups excluding tert-OH is 1. The number of carbonyl (C=O) groups is 1. The van der Waals surface area contributed by atoms with E-state index in [2.05, 4.69) is 25.5 Å². The molecule has 2 aliphatic rings. The zero-order chi connectivity index (χ0) is 18.9. The van der Waals surface area contributed by atoms with Crippen molar-refractivity contribution in [2.75, 3.05) is 31.6 Å². The summed E-state index contributed by atoms with van der Waals surface area (Å²) < 4.78 is 1.08. The highest BCUT2D eigenvalue weighted by molar-refractivity contribution is 7.17. The lowest BCUT2D eigenvalue weighted by molar-refractivity contribution is -0.133. The van der Waals surface area contributed by atoms with Crippen LogP contribution in [0.1, 0.15) is 37.9 Å². The van der Waals surface area contributed by atoms with Crippen LogP contribution >= 0.6 is 11.3 Å². The van der Waals surface area contributed by atoms with Gasteiger partial charge in [-0.05, 0) is 57.0 Å². The topological polar surface area (TPSA) is 90.4 Å². The average molecular weight is 390 g/mol. The van der Waals surface area contributed by atoms with Crippen LogP contribution in [-0.2, 0) is 4.79 Å². The third-order valence-corrected chi connectivity index (χ3v) is 6.61. The van der Waals surface area contributed by atoms with E-state index < -0.39 is 5.54 Å². The molecule has 1 amide bonds. The zero-order valence-electron chi connectivity index (χ0n) is 15.7. The number of hydrogen-bond acceptors (Lipinski definition) is 7. The van der Waals surface area contributed by atoms with Crippen molar-refractivity contribution in [1.82, 2.24) is 20.2 Å². The summed E-state index contributed by atoms with van der Waals surface area (Å²) in [6, 6.07) is 2.21. The first kappa shape index (κ1) is 18.6. The van der Waals surface area contributed by atoms with Crippen molar-refractivity contribution in [3.05, 3.63) is 17.3 Å². The van der Waals surface area contributed by atoms with Crippen molar-refractivity contribution < 1.29 is 9.90 Å². The Morgan fingerprint density at radius 1 is 1.44 bits per heavy atom. The van der Waals surface area contributed by atoms with Crippen LogP contribution in [0.5, 0.6) is 0 Å². The number of thiophene rings is 1. The van der Waals surface area contributed by atoms with Gasteiger partial charge in [0.05, 0.1) is 10.2 Å². The standard InChI is InChI=1S/C19H27N5O2S/c1-13-21-15-5-10-27-16(15)17(22-13)23-14-11-19(18(26)20-7-4-9-25)6-2-3-8-24(19)12-14/h5,10,14,25H,2-4,6-9,11-12H2,1H3,(H,20,26)(H,21,22,23)/t14-,19-/m0/s1. The molecule has 4 heterocycles. The second-order valence-corrected chi connectivity index (χ2v) is 8.48. The highest BCUT2D eigenvalue weighted by Gasteiger charge is 2.51. The Kier molecular flexibility index (Phi) is 5.29. The summed E-state index contributed by atoms with van der Waals surface area (Å²) in [5.74, 6) is 1.75. The molecule has 2 atom stereocenters. The highest BCUT2D eigenvalue weighted by atomic mass is 32.1. The van der Waals surface area contributed by atoms with Crippen LogP contribution in [0.4, 0.5) is 5.82 Å². The third kappa shape index (κ3) is 3.53. The molecule has 2 saturated heterocycles. The van der Waals surface area contributed by atoms with E-state index in [1.807, 2.05) is 18.4 Å². The number of piperidine rings is 1. The molecule has 8 heteroatoms. The fraction of sp³-hybridized carbons (Fsp3) is 0.632. The van der Waals surface area contributed by atoms with Crippen LogP contribution in [0.3, 0.4) is 0 Å². The van der Waals surface area contributed by atoms with E-state index in [0.29, 0.717) is 13.0 Å². The van der Waals surface area contributed by atoms with Crippen LogP contribution < -0.4 is 10.6 Å². The number of nitrogens with one attached hydrogen (secondary N) is 2. The van der Waals surface area contributed by atoms with Crippen molar-refractivity contribution in [2.24, 2.45) is 0 Å². The minimum atomic E-state index is -0.429. The van der Waals surface area contributed by atoms with Crippen molar-refractivity contribution in [3.63, 3.8) is 0 Å². The summed E-state index contributed by atoms with van der Waals surface area (Å²) in [6.45, 7) is 4.36. The van der Waals surface area contributed by atoms with Crippen LogP contribution in [0.15, 0.2) is 11.4 Å². The van der Waals surface area contributed by atoms with Crippen molar-refractivity contribution in [3.8, 4) is 0 Å². The molecule has 0 aromatic carbocycles. The lowest BCUT2D eigenvalue weighted by Crippen LogP contribution is -2.57. The molecule has 7 nitrogen and oxygen atoms in total. The summed E-state index contributed by atoms with van der Waals surface area (Å²) in [7, 11) is 0. The summed E-state index contributed by atoms with van der Waals surface area (Å²) in [5.41, 5.74) is 0.546. The summed E-state index contributed by atoms with van der Waals surface area (Å²) in [5, 5.41) is 17.7. The van der Waals surface area contributed by atoms with Gasteiger partial charge in [-0.2, -0.15) is 0 Å². The molecular formula is C19H27N5O2S. The summed E-state index contributed by atoms with van der Waals surface area (Å²) >= 11 is 1.65. The molecular weight excluding hydrogens is 362 g/mol. The number of hydrogen-bond donors (Lipinski definition) is 3. The van der Waals surface area contributed by atoms with Crippen LogP contribution in [0, 0.1) is 6.92 Å². The molecule has 2 aromatic rings. The van der Waals surface area contributed by atoms with Gasteiger partial charge in [-0.15, -0.1) is 11.3 Å². The molecule has 146 valence electrons. The number of aliphatic hydroxyl groups is 1. The Bertz CT molecular complexity index is 826. The molecule has 0 spiro atoms. The van der Waals surface area contributed by atoms with E-state index in [4.69, 9.17) is 5.11 Å². The van der Waals surface area contributed by atoms with E-state index in [0.717, 1.165) is 60.6 Å². The second kappa shape index (κ2) is 7.69. The van der Waals surface area contributed by atoms with Gasteiger partial charge < -0.3 is 15.7 Å². The van der Waals surface area contributed by atoms with E-state index in [1.165, 1.54) is 0 Å². The number of anilines is 1. The number of amides is 1. The predicted octanol–water partition coefficient (Wildman–Crippen LogP) is 1.91. The largest absolute Gasteiger partial charge is 0.396 e. The molecule has 3 N–H and O–H groups in total. The maximum Gasteiger partial charge on any atom is 0.240 e. The monoisotopic (exact) mass is 389 g/mol. The quantitative estimate of drug-likeness (QED) is 0.654. The van der Waals surface area contributed by atoms with Gasteiger partial charge in [-0.1, -0.05) is 0 Å². The van der Waals surface area contributed by atoms with E-state index in [1.54, 1.807) is 11.3 Å². The van der Waals surface area contributed by atoms with Gasteiger partial charge in [0.25, 0.3) is 0 Å². The normalized spacial score (nSPS) is 25.5. The number of carbonyl (C=O) groups excluding carboxylic acids is 1. The van der Waals surface area contributed by atoms with E-state index >= 15 is 0 Å². The van der Waals surface area contributed by atoms with E-state index in [-0.39, 0.29) is 18.6 Å². The van der Waals surface area contributed by atoms with Crippen LogP contribution in [0.2, 0.25) is 0 Å². The summed E-state index contributed by atoms with van der Waals surface area (Å²) in [6.07, 6.45) is 4.50. The molecule has 0 saturated carbocycles. The number of rotatable bonds is 6. The molecule has 4 rings (SSSR count). The van der Waals surface area contributed by atoms with Crippen molar-refractivity contribution >= 4 is 33.3 Å². The maximum absolute atomic E-state index is 13.0. The number of nitrogens with zero attached hydrogens (tertiary/aromatic N) is 3. The molecule has 0 aliphatic carbocycles. The van der Waals surface area contributed by atoms with Gasteiger partial charge in [-0.3, -0.25) is 9.69 Å². The maximum atomic E-state index is 13.0. The van der Waals surface area contributed by atoms with E-state index in [9.17, 15) is 4.79 Å². The van der Waals surface area contributed by atoms with Gasteiger partial charge in [0.1, 0.15) is 17.2 Å².